The third-order valence-electron chi connectivity index (χ3n) is 5.11. The molecule has 180 valence electrons. The van der Waals surface area contributed by atoms with E-state index < -0.39 is 22.1 Å². The van der Waals surface area contributed by atoms with Crippen LogP contribution in [0.3, 0.4) is 0 Å². The molecule has 1 aliphatic heterocycles. The van der Waals surface area contributed by atoms with E-state index in [-0.39, 0.29) is 37.0 Å². The highest BCUT2D eigenvalue weighted by molar-refractivity contribution is 7.89. The third-order valence-corrected chi connectivity index (χ3v) is 7.02. The first kappa shape index (κ1) is 24.8. The smallest absolute Gasteiger partial charge is 0.494 e. The zero-order chi connectivity index (χ0) is 24.1. The molecule has 0 saturated carbocycles. The second-order valence-electron chi connectivity index (χ2n) is 7.57. The molecule has 33 heavy (non-hydrogen) atoms. The van der Waals surface area contributed by atoms with Gasteiger partial charge in [0.15, 0.2) is 0 Å². The van der Waals surface area contributed by atoms with E-state index in [9.17, 15) is 26.4 Å². The molecule has 1 amide bonds. The zero-order valence-corrected chi connectivity index (χ0v) is 18.9. The van der Waals surface area contributed by atoms with E-state index >= 15 is 0 Å². The summed E-state index contributed by atoms with van der Waals surface area (Å²) in [6.45, 7) is 3.08. The van der Waals surface area contributed by atoms with Gasteiger partial charge in [-0.05, 0) is 49.7 Å². The number of carbonyl (C=O) groups excluding carboxylic acids is 1. The summed E-state index contributed by atoms with van der Waals surface area (Å²) < 4.78 is 72.9. The minimum absolute atomic E-state index is 0.0757. The zero-order valence-electron chi connectivity index (χ0n) is 18.0. The molecule has 7 nitrogen and oxygen atoms in total. The molecular weight excluding hydrogens is 461 g/mol. The van der Waals surface area contributed by atoms with Crippen LogP contribution in [0.1, 0.15) is 18.4 Å². The number of benzene rings is 2. The Bertz CT molecular complexity index is 1030. The lowest BCUT2D eigenvalue weighted by atomic mass is 10.2. The van der Waals surface area contributed by atoms with E-state index in [0.29, 0.717) is 19.4 Å². The van der Waals surface area contributed by atoms with Gasteiger partial charge in [-0.1, -0.05) is 17.7 Å². The molecular formula is C22H25F3N2O5S. The summed E-state index contributed by atoms with van der Waals surface area (Å²) >= 11 is 0. The van der Waals surface area contributed by atoms with Gasteiger partial charge in [0.1, 0.15) is 11.5 Å². The van der Waals surface area contributed by atoms with Gasteiger partial charge in [-0.15, -0.1) is 13.2 Å². The van der Waals surface area contributed by atoms with Crippen molar-refractivity contribution in [2.24, 2.45) is 0 Å². The maximum atomic E-state index is 12.8. The quantitative estimate of drug-likeness (QED) is 0.533. The molecule has 0 spiro atoms. The molecule has 2 aromatic carbocycles. The maximum absolute atomic E-state index is 12.8. The Morgan fingerprint density at radius 2 is 1.52 bits per heavy atom. The Labute approximate surface area is 190 Å². The first-order valence-electron chi connectivity index (χ1n) is 10.4. The van der Waals surface area contributed by atoms with Gasteiger partial charge in [-0.2, -0.15) is 4.31 Å². The van der Waals surface area contributed by atoms with Crippen LogP contribution in [-0.4, -0.2) is 62.7 Å². The number of nitrogens with zero attached hydrogens (tertiary/aromatic N) is 2. The number of rotatable bonds is 8. The minimum atomic E-state index is -4.85. The van der Waals surface area contributed by atoms with Crippen LogP contribution >= 0.6 is 0 Å². The molecule has 0 bridgehead atoms. The van der Waals surface area contributed by atoms with Crippen molar-refractivity contribution in [3.63, 3.8) is 0 Å². The third kappa shape index (κ3) is 7.10. The number of halogens is 3. The Kier molecular flexibility index (Phi) is 7.85. The summed E-state index contributed by atoms with van der Waals surface area (Å²) in [6, 6.07) is 11.7. The average molecular weight is 487 g/mol. The lowest BCUT2D eigenvalue weighted by molar-refractivity contribution is -0.274. The summed E-state index contributed by atoms with van der Waals surface area (Å²) in [7, 11) is -3.89. The number of hydrogen-bond acceptors (Lipinski definition) is 5. The van der Waals surface area contributed by atoms with Crippen molar-refractivity contribution in [3.8, 4) is 11.5 Å². The highest BCUT2D eigenvalue weighted by Gasteiger charge is 2.32. The average Bonchev–Trinajstić information content (AvgIpc) is 2.77. The van der Waals surface area contributed by atoms with Gasteiger partial charge in [0.05, 0.1) is 11.5 Å². The van der Waals surface area contributed by atoms with Gasteiger partial charge in [0, 0.05) is 32.6 Å². The van der Waals surface area contributed by atoms with Crippen LogP contribution < -0.4 is 9.47 Å². The minimum Gasteiger partial charge on any atom is -0.494 e. The molecule has 1 saturated heterocycles. The van der Waals surface area contributed by atoms with Gasteiger partial charge in [-0.3, -0.25) is 4.79 Å². The SMILES string of the molecule is Cc1ccc(OCCCC(=O)N2CCN(S(=O)(=O)c3ccc(OC(F)(F)F)cc3)CC2)cc1. The Hall–Kier alpha value is -2.79. The molecule has 1 fully saturated rings. The molecule has 0 atom stereocenters. The normalized spacial score (nSPS) is 15.3. The van der Waals surface area contributed by atoms with E-state index in [2.05, 4.69) is 4.74 Å². The number of alkyl halides is 3. The van der Waals surface area contributed by atoms with Crippen molar-refractivity contribution in [1.29, 1.82) is 0 Å². The highest BCUT2D eigenvalue weighted by Crippen LogP contribution is 2.25. The van der Waals surface area contributed by atoms with Gasteiger partial charge < -0.3 is 14.4 Å². The van der Waals surface area contributed by atoms with E-state index in [1.165, 1.54) is 4.31 Å². The number of carbonyl (C=O) groups is 1. The van der Waals surface area contributed by atoms with Crippen LogP contribution in [0, 0.1) is 6.92 Å². The number of hydrogen-bond donors (Lipinski definition) is 0. The number of piperazine rings is 1. The standard InChI is InChI=1S/C22H25F3N2O5S/c1-17-4-6-18(7-5-17)31-16-2-3-21(28)26-12-14-27(15-13-26)33(29,30)20-10-8-19(9-11-20)32-22(23,24)25/h4-11H,2-3,12-16H2,1H3. The molecule has 0 aromatic heterocycles. The lowest BCUT2D eigenvalue weighted by Gasteiger charge is -2.34. The summed E-state index contributed by atoms with van der Waals surface area (Å²) in [5, 5.41) is 0. The molecule has 1 aliphatic rings. The molecule has 0 aliphatic carbocycles. The first-order chi connectivity index (χ1) is 15.5. The Balaban J connectivity index is 1.45. The molecule has 0 N–H and O–H groups in total. The van der Waals surface area contributed by atoms with Crippen molar-refractivity contribution in [1.82, 2.24) is 9.21 Å². The number of amides is 1. The number of aryl methyl sites for hydroxylation is 1. The molecule has 11 heteroatoms. The Morgan fingerprint density at radius 3 is 2.09 bits per heavy atom. The summed E-state index contributed by atoms with van der Waals surface area (Å²) in [6.07, 6.45) is -4.02. The molecule has 1 heterocycles. The van der Waals surface area contributed by atoms with Crippen molar-refractivity contribution in [2.45, 2.75) is 31.0 Å². The fourth-order valence-electron chi connectivity index (χ4n) is 3.35. The Morgan fingerprint density at radius 1 is 0.939 bits per heavy atom. The first-order valence-corrected chi connectivity index (χ1v) is 11.8. The van der Waals surface area contributed by atoms with Crippen molar-refractivity contribution >= 4 is 15.9 Å². The largest absolute Gasteiger partial charge is 0.573 e. The lowest BCUT2D eigenvalue weighted by Crippen LogP contribution is -2.50. The number of sulfonamides is 1. The second-order valence-corrected chi connectivity index (χ2v) is 9.51. The van der Waals surface area contributed by atoms with Gasteiger partial charge >= 0.3 is 6.36 Å². The molecule has 2 aromatic rings. The van der Waals surface area contributed by atoms with E-state index in [0.717, 1.165) is 35.6 Å². The molecule has 0 radical (unpaired) electrons. The maximum Gasteiger partial charge on any atom is 0.573 e. The highest BCUT2D eigenvalue weighted by atomic mass is 32.2. The fourth-order valence-corrected chi connectivity index (χ4v) is 4.77. The van der Waals surface area contributed by atoms with E-state index in [1.54, 1.807) is 4.90 Å². The predicted molar refractivity (Wildman–Crippen MR) is 114 cm³/mol. The van der Waals surface area contributed by atoms with Crippen LogP contribution in [0.25, 0.3) is 0 Å². The summed E-state index contributed by atoms with van der Waals surface area (Å²) in [5.74, 6) is 0.168. The molecule has 3 rings (SSSR count). The second kappa shape index (κ2) is 10.4. The molecule has 0 unspecified atom stereocenters. The van der Waals surface area contributed by atoms with Crippen LogP contribution in [0.5, 0.6) is 11.5 Å². The van der Waals surface area contributed by atoms with Crippen LogP contribution in [0.2, 0.25) is 0 Å². The fraction of sp³-hybridized carbons (Fsp3) is 0.409. The van der Waals surface area contributed by atoms with Gasteiger partial charge in [0.2, 0.25) is 15.9 Å². The van der Waals surface area contributed by atoms with Gasteiger partial charge in [0.25, 0.3) is 0 Å². The summed E-state index contributed by atoms with van der Waals surface area (Å²) in [5.41, 5.74) is 1.13. The topological polar surface area (TPSA) is 76.2 Å². The number of ether oxygens (including phenoxy) is 2. The van der Waals surface area contributed by atoms with Crippen molar-refractivity contribution in [2.75, 3.05) is 32.8 Å². The van der Waals surface area contributed by atoms with Crippen LogP contribution in [-0.2, 0) is 14.8 Å². The van der Waals surface area contributed by atoms with Crippen molar-refractivity contribution in [3.05, 3.63) is 54.1 Å². The van der Waals surface area contributed by atoms with Crippen LogP contribution in [0.4, 0.5) is 13.2 Å². The van der Waals surface area contributed by atoms with Crippen LogP contribution in [0.15, 0.2) is 53.4 Å². The van der Waals surface area contributed by atoms with E-state index in [1.807, 2.05) is 31.2 Å². The van der Waals surface area contributed by atoms with Crippen molar-refractivity contribution < 1.29 is 35.9 Å². The monoisotopic (exact) mass is 486 g/mol. The van der Waals surface area contributed by atoms with Gasteiger partial charge in [-0.25, -0.2) is 8.42 Å². The van der Waals surface area contributed by atoms with E-state index in [4.69, 9.17) is 4.74 Å². The summed E-state index contributed by atoms with van der Waals surface area (Å²) in [4.78, 5) is 13.9. The predicted octanol–water partition coefficient (Wildman–Crippen LogP) is 3.59.